The molecule has 2 heterocycles. The molecule has 0 aromatic heterocycles. The molecule has 1 atom stereocenters. The van der Waals surface area contributed by atoms with E-state index in [0.717, 1.165) is 38.9 Å². The smallest absolute Gasteiger partial charge is 0.269 e. The topological polar surface area (TPSA) is 117 Å². The van der Waals surface area contributed by atoms with E-state index in [1.807, 2.05) is 0 Å². The minimum atomic E-state index is -0.712. The Balaban J connectivity index is 1.22. The first-order valence-corrected chi connectivity index (χ1v) is 14.7. The maximum Gasteiger partial charge on any atom is 0.269 e. The van der Waals surface area contributed by atoms with E-state index < -0.39 is 10.8 Å². The van der Waals surface area contributed by atoms with Crippen molar-refractivity contribution in [3.8, 4) is 0 Å². The number of nitrogens with zero attached hydrogens (tertiary/aromatic N) is 2. The second-order valence-electron chi connectivity index (χ2n) is 11.0. The fraction of sp³-hybridized carbons (Fsp3) is 0.294. The number of carbonyl (C=O) groups excluding carboxylic acids is 2. The number of benzene rings is 3. The molecule has 2 aliphatic heterocycles. The summed E-state index contributed by atoms with van der Waals surface area (Å²) in [7, 11) is 1.54. The van der Waals surface area contributed by atoms with Crippen molar-refractivity contribution in [1.29, 1.82) is 0 Å². The van der Waals surface area contributed by atoms with Crippen LogP contribution < -0.4 is 16.0 Å². The highest BCUT2D eigenvalue weighted by molar-refractivity contribution is 6.06. The Morgan fingerprint density at radius 1 is 0.953 bits per heavy atom. The van der Waals surface area contributed by atoms with E-state index >= 15 is 0 Å². The first kappa shape index (κ1) is 29.7. The van der Waals surface area contributed by atoms with Crippen molar-refractivity contribution in [2.45, 2.75) is 24.7 Å². The predicted molar refractivity (Wildman–Crippen MR) is 167 cm³/mol. The number of carbonyl (C=O) groups is 2. The van der Waals surface area contributed by atoms with Crippen molar-refractivity contribution in [2.24, 2.45) is 5.92 Å². The number of non-ortho nitro benzene ring substituents is 1. The minimum Gasteiger partial charge on any atom is -0.358 e. The third-order valence-electron chi connectivity index (χ3n) is 8.54. The number of nitrogens with one attached hydrogen (secondary N) is 3. The molecular formula is C34H37N5O4. The van der Waals surface area contributed by atoms with Gasteiger partial charge in [0.2, 0.25) is 5.91 Å². The second kappa shape index (κ2) is 13.5. The summed E-state index contributed by atoms with van der Waals surface area (Å²) in [6.07, 6.45) is 6.09. The largest absolute Gasteiger partial charge is 0.358 e. The molecular weight excluding hydrogens is 542 g/mol. The number of nitro groups is 1. The summed E-state index contributed by atoms with van der Waals surface area (Å²) in [4.78, 5) is 39.2. The van der Waals surface area contributed by atoms with E-state index in [1.165, 1.54) is 30.3 Å². The van der Waals surface area contributed by atoms with E-state index in [9.17, 15) is 19.7 Å². The van der Waals surface area contributed by atoms with Gasteiger partial charge < -0.3 is 20.9 Å². The monoisotopic (exact) mass is 579 g/mol. The van der Waals surface area contributed by atoms with Gasteiger partial charge in [0, 0.05) is 36.7 Å². The van der Waals surface area contributed by atoms with E-state index in [4.69, 9.17) is 0 Å². The molecule has 5 rings (SSSR count). The standard InChI is InChI=1S/C34H37N5O4/c1-35-32(40)29-17-21-36-31(30(29)25-13-15-28(16-14-25)39(42)43)33(41)37-20-8-22-38-23-18-34(19-24-38,26-9-4-2-5-10-26)27-11-6-3-7-12-27/h2-7,9-17,21,29,36H,8,18-20,22-24H2,1H3,(H,35,40)(H,37,41). The molecule has 1 fully saturated rings. The fourth-order valence-corrected chi connectivity index (χ4v) is 6.22. The predicted octanol–water partition coefficient (Wildman–Crippen LogP) is 4.37. The normalized spacial score (nSPS) is 18.0. The number of rotatable bonds is 10. The molecule has 0 radical (unpaired) electrons. The van der Waals surface area contributed by atoms with Gasteiger partial charge in [0.15, 0.2) is 0 Å². The van der Waals surface area contributed by atoms with Crippen LogP contribution in [0.2, 0.25) is 0 Å². The van der Waals surface area contributed by atoms with Gasteiger partial charge in [0.25, 0.3) is 11.6 Å². The molecule has 222 valence electrons. The summed E-state index contributed by atoms with van der Waals surface area (Å²) >= 11 is 0. The van der Waals surface area contributed by atoms with E-state index in [-0.39, 0.29) is 28.6 Å². The molecule has 43 heavy (non-hydrogen) atoms. The lowest BCUT2D eigenvalue weighted by Gasteiger charge is -2.43. The van der Waals surface area contributed by atoms with Crippen molar-refractivity contribution in [3.05, 3.63) is 130 Å². The second-order valence-corrected chi connectivity index (χ2v) is 11.0. The molecule has 1 unspecified atom stereocenters. The molecule has 2 aliphatic rings. The number of nitro benzene ring substituents is 1. The molecule has 1 saturated heterocycles. The number of dihydropyridines is 1. The Labute approximate surface area is 251 Å². The Hall–Kier alpha value is -4.76. The van der Waals surface area contributed by atoms with Crippen LogP contribution in [0.4, 0.5) is 5.69 Å². The van der Waals surface area contributed by atoms with E-state index in [1.54, 1.807) is 24.4 Å². The average Bonchev–Trinajstić information content (AvgIpc) is 3.07. The van der Waals surface area contributed by atoms with Gasteiger partial charge in [-0.25, -0.2) is 0 Å². The van der Waals surface area contributed by atoms with Gasteiger partial charge >= 0.3 is 0 Å². The van der Waals surface area contributed by atoms with Crippen molar-refractivity contribution in [3.63, 3.8) is 0 Å². The third-order valence-corrected chi connectivity index (χ3v) is 8.54. The lowest BCUT2D eigenvalue weighted by Crippen LogP contribution is -2.44. The first-order valence-electron chi connectivity index (χ1n) is 14.7. The molecule has 2 amide bonds. The Morgan fingerprint density at radius 2 is 1.56 bits per heavy atom. The number of hydrogen-bond donors (Lipinski definition) is 3. The van der Waals surface area contributed by atoms with Gasteiger partial charge in [0.05, 0.1) is 10.8 Å². The summed E-state index contributed by atoms with van der Waals surface area (Å²) in [5.74, 6) is -1.31. The molecule has 9 heteroatoms. The number of piperidine rings is 1. The summed E-state index contributed by atoms with van der Waals surface area (Å²) < 4.78 is 0. The zero-order valence-corrected chi connectivity index (χ0v) is 24.3. The van der Waals surface area contributed by atoms with E-state index in [0.29, 0.717) is 17.7 Å². The van der Waals surface area contributed by atoms with Gasteiger partial charge in [-0.2, -0.15) is 0 Å². The third kappa shape index (κ3) is 6.52. The van der Waals surface area contributed by atoms with Crippen LogP contribution in [0.15, 0.2) is 103 Å². The van der Waals surface area contributed by atoms with Crippen molar-refractivity contribution in [1.82, 2.24) is 20.9 Å². The molecule has 0 bridgehead atoms. The van der Waals surface area contributed by atoms with Crippen LogP contribution in [0.3, 0.4) is 0 Å². The summed E-state index contributed by atoms with van der Waals surface area (Å²) in [6, 6.07) is 27.4. The first-order chi connectivity index (χ1) is 20.9. The highest BCUT2D eigenvalue weighted by atomic mass is 16.6. The molecule has 9 nitrogen and oxygen atoms in total. The average molecular weight is 580 g/mol. The maximum absolute atomic E-state index is 13.3. The summed E-state index contributed by atoms with van der Waals surface area (Å²) in [5.41, 5.74) is 3.95. The molecule has 0 spiro atoms. The molecule has 3 aromatic carbocycles. The van der Waals surface area contributed by atoms with Gasteiger partial charge in [0.1, 0.15) is 5.70 Å². The van der Waals surface area contributed by atoms with Gasteiger partial charge in [-0.05, 0) is 73.9 Å². The Bertz CT molecular complexity index is 1450. The van der Waals surface area contributed by atoms with Crippen molar-refractivity contribution < 1.29 is 14.5 Å². The van der Waals surface area contributed by atoms with Gasteiger partial charge in [-0.1, -0.05) is 66.7 Å². The highest BCUT2D eigenvalue weighted by Gasteiger charge is 2.37. The Morgan fingerprint density at radius 3 is 2.12 bits per heavy atom. The molecule has 3 N–H and O–H groups in total. The van der Waals surface area contributed by atoms with Gasteiger partial charge in [-0.15, -0.1) is 0 Å². The zero-order chi connectivity index (χ0) is 30.2. The highest BCUT2D eigenvalue weighted by Crippen LogP contribution is 2.41. The van der Waals surface area contributed by atoms with Crippen molar-refractivity contribution >= 4 is 23.1 Å². The lowest BCUT2D eigenvalue weighted by molar-refractivity contribution is -0.384. The van der Waals surface area contributed by atoms with Crippen LogP contribution in [-0.4, -0.2) is 54.9 Å². The lowest BCUT2D eigenvalue weighted by atomic mass is 9.68. The number of hydrogen-bond acceptors (Lipinski definition) is 6. The van der Waals surface area contributed by atoms with Crippen LogP contribution >= 0.6 is 0 Å². The summed E-state index contributed by atoms with van der Waals surface area (Å²) in [6.45, 7) is 3.27. The SMILES string of the molecule is CNC(=O)C1C=CNC(C(=O)NCCCN2CCC(c3ccccc3)(c3ccccc3)CC2)=C1c1ccc([N+](=O)[O-])cc1. The van der Waals surface area contributed by atoms with Crippen LogP contribution in [0.5, 0.6) is 0 Å². The van der Waals surface area contributed by atoms with Crippen LogP contribution in [0, 0.1) is 16.0 Å². The molecule has 0 aliphatic carbocycles. The van der Waals surface area contributed by atoms with Crippen LogP contribution in [-0.2, 0) is 15.0 Å². The number of likely N-dealkylation sites (tertiary alicyclic amines) is 1. The number of amides is 2. The Kier molecular flexibility index (Phi) is 9.32. The molecule has 3 aromatic rings. The zero-order valence-electron chi connectivity index (χ0n) is 24.3. The maximum atomic E-state index is 13.3. The quantitative estimate of drug-likeness (QED) is 0.187. The molecule has 0 saturated carbocycles. The summed E-state index contributed by atoms with van der Waals surface area (Å²) in [5, 5.41) is 19.8. The fourth-order valence-electron chi connectivity index (χ4n) is 6.22. The van der Waals surface area contributed by atoms with Gasteiger partial charge in [-0.3, -0.25) is 19.7 Å². The van der Waals surface area contributed by atoms with Crippen molar-refractivity contribution in [2.75, 3.05) is 33.2 Å². The van der Waals surface area contributed by atoms with Crippen LogP contribution in [0.25, 0.3) is 5.57 Å². The van der Waals surface area contributed by atoms with E-state index in [2.05, 4.69) is 81.5 Å². The van der Waals surface area contributed by atoms with Crippen LogP contribution in [0.1, 0.15) is 36.0 Å². The minimum absolute atomic E-state index is 0.00449.